The highest BCUT2D eigenvalue weighted by atomic mass is 16.4. The number of rotatable bonds is 1. The first-order valence-electron chi connectivity index (χ1n) is 4.57. The first kappa shape index (κ1) is 9.52. The summed E-state index contributed by atoms with van der Waals surface area (Å²) in [5, 5.41) is 9.29. The van der Waals surface area contributed by atoms with Crippen LogP contribution < -0.4 is 5.63 Å². The number of hydrogen-bond donors (Lipinski definition) is 1. The summed E-state index contributed by atoms with van der Waals surface area (Å²) in [7, 11) is 0. The highest BCUT2D eigenvalue weighted by molar-refractivity contribution is 5.62. The molecule has 3 heteroatoms. The molecule has 0 aliphatic heterocycles. The van der Waals surface area contributed by atoms with E-state index in [9.17, 15) is 9.90 Å². The van der Waals surface area contributed by atoms with E-state index in [1.807, 2.05) is 31.2 Å². The van der Waals surface area contributed by atoms with Crippen molar-refractivity contribution in [2.24, 2.45) is 0 Å². The standard InChI is InChI=1S/C12H10O3/c1-8-4-2-3-5-10(8)11-6-9(13)7-12(14)15-11/h2-7,13H,1H3. The molecule has 1 aromatic heterocycles. The third kappa shape index (κ3) is 1.91. The van der Waals surface area contributed by atoms with Gasteiger partial charge in [-0.15, -0.1) is 0 Å². The van der Waals surface area contributed by atoms with E-state index in [-0.39, 0.29) is 5.75 Å². The lowest BCUT2D eigenvalue weighted by molar-refractivity contribution is 0.452. The highest BCUT2D eigenvalue weighted by Gasteiger charge is 2.05. The second-order valence-corrected chi connectivity index (χ2v) is 3.31. The Balaban J connectivity index is 2.64. The molecule has 15 heavy (non-hydrogen) atoms. The van der Waals surface area contributed by atoms with E-state index in [4.69, 9.17) is 4.42 Å². The Morgan fingerprint density at radius 1 is 1.20 bits per heavy atom. The average molecular weight is 202 g/mol. The fraction of sp³-hybridized carbons (Fsp3) is 0.0833. The molecule has 0 bridgehead atoms. The molecular formula is C12H10O3. The molecule has 2 aromatic rings. The van der Waals surface area contributed by atoms with Crippen LogP contribution in [0.2, 0.25) is 0 Å². The van der Waals surface area contributed by atoms with E-state index in [0.717, 1.165) is 17.2 Å². The molecule has 0 radical (unpaired) electrons. The lowest BCUT2D eigenvalue weighted by Crippen LogP contribution is -1.96. The smallest absolute Gasteiger partial charge is 0.339 e. The van der Waals surface area contributed by atoms with Gasteiger partial charge in [0.15, 0.2) is 0 Å². The molecule has 0 aliphatic carbocycles. The van der Waals surface area contributed by atoms with E-state index in [0.29, 0.717) is 5.76 Å². The van der Waals surface area contributed by atoms with Crippen LogP contribution >= 0.6 is 0 Å². The first-order chi connectivity index (χ1) is 7.16. The molecule has 0 amide bonds. The van der Waals surface area contributed by atoms with Crippen LogP contribution in [0.5, 0.6) is 5.75 Å². The minimum atomic E-state index is -0.548. The zero-order chi connectivity index (χ0) is 10.8. The van der Waals surface area contributed by atoms with E-state index >= 15 is 0 Å². The molecule has 0 fully saturated rings. The van der Waals surface area contributed by atoms with Gasteiger partial charge in [-0.1, -0.05) is 24.3 Å². The predicted octanol–water partition coefficient (Wildman–Crippen LogP) is 2.32. The Kier molecular flexibility index (Phi) is 2.29. The second kappa shape index (κ2) is 3.61. The Bertz CT molecular complexity index is 541. The normalized spacial score (nSPS) is 10.2. The monoisotopic (exact) mass is 202 g/mol. The van der Waals surface area contributed by atoms with Crippen LogP contribution in [0, 0.1) is 6.92 Å². The predicted molar refractivity (Wildman–Crippen MR) is 56.8 cm³/mol. The fourth-order valence-electron chi connectivity index (χ4n) is 1.45. The summed E-state index contributed by atoms with van der Waals surface area (Å²) in [5.74, 6) is 0.308. The van der Waals surface area contributed by atoms with Gasteiger partial charge in [0, 0.05) is 11.6 Å². The maximum atomic E-state index is 11.1. The molecule has 0 spiro atoms. The molecule has 0 saturated heterocycles. The van der Waals surface area contributed by atoms with Gasteiger partial charge in [-0.3, -0.25) is 0 Å². The lowest BCUT2D eigenvalue weighted by atomic mass is 10.1. The van der Waals surface area contributed by atoms with Gasteiger partial charge in [0.2, 0.25) is 0 Å². The van der Waals surface area contributed by atoms with Crippen molar-refractivity contribution in [1.82, 2.24) is 0 Å². The van der Waals surface area contributed by atoms with Gasteiger partial charge in [0.05, 0.1) is 6.07 Å². The second-order valence-electron chi connectivity index (χ2n) is 3.31. The van der Waals surface area contributed by atoms with Crippen LogP contribution in [0.1, 0.15) is 5.56 Å². The van der Waals surface area contributed by atoms with Gasteiger partial charge in [0.1, 0.15) is 11.5 Å². The van der Waals surface area contributed by atoms with E-state index < -0.39 is 5.63 Å². The summed E-state index contributed by atoms with van der Waals surface area (Å²) < 4.78 is 5.01. The zero-order valence-corrected chi connectivity index (χ0v) is 8.23. The quantitative estimate of drug-likeness (QED) is 0.772. The zero-order valence-electron chi connectivity index (χ0n) is 8.23. The van der Waals surface area contributed by atoms with Crippen molar-refractivity contribution in [3.05, 3.63) is 52.4 Å². The average Bonchev–Trinajstić information content (AvgIpc) is 2.16. The molecule has 1 N–H and O–H groups in total. The Morgan fingerprint density at radius 3 is 2.60 bits per heavy atom. The molecule has 3 nitrogen and oxygen atoms in total. The molecular weight excluding hydrogens is 192 g/mol. The highest BCUT2D eigenvalue weighted by Crippen LogP contribution is 2.24. The topological polar surface area (TPSA) is 50.4 Å². The van der Waals surface area contributed by atoms with Crippen LogP contribution in [-0.4, -0.2) is 5.11 Å². The van der Waals surface area contributed by atoms with Crippen molar-refractivity contribution in [3.63, 3.8) is 0 Å². The minimum Gasteiger partial charge on any atom is -0.508 e. The summed E-state index contributed by atoms with van der Waals surface area (Å²) >= 11 is 0. The van der Waals surface area contributed by atoms with Gasteiger partial charge in [0.25, 0.3) is 0 Å². The summed E-state index contributed by atoms with van der Waals surface area (Å²) in [4.78, 5) is 11.1. The van der Waals surface area contributed by atoms with Crippen molar-refractivity contribution in [2.75, 3.05) is 0 Å². The summed E-state index contributed by atoms with van der Waals surface area (Å²) in [6.45, 7) is 1.92. The Morgan fingerprint density at radius 2 is 1.93 bits per heavy atom. The lowest BCUT2D eigenvalue weighted by Gasteiger charge is -2.03. The number of aryl methyl sites for hydroxylation is 1. The minimum absolute atomic E-state index is 0.0792. The summed E-state index contributed by atoms with van der Waals surface area (Å²) in [6, 6.07) is 9.99. The molecule has 0 saturated carbocycles. The molecule has 0 aliphatic rings. The Hall–Kier alpha value is -2.03. The number of hydrogen-bond acceptors (Lipinski definition) is 3. The van der Waals surface area contributed by atoms with Crippen LogP contribution in [0.3, 0.4) is 0 Å². The summed E-state index contributed by atoms with van der Waals surface area (Å²) in [6.07, 6.45) is 0. The van der Waals surface area contributed by atoms with Crippen molar-refractivity contribution < 1.29 is 9.52 Å². The Labute approximate surface area is 86.6 Å². The van der Waals surface area contributed by atoms with Crippen LogP contribution in [-0.2, 0) is 0 Å². The van der Waals surface area contributed by atoms with Gasteiger partial charge >= 0.3 is 5.63 Å². The van der Waals surface area contributed by atoms with Crippen molar-refractivity contribution in [1.29, 1.82) is 0 Å². The maximum Gasteiger partial charge on any atom is 0.339 e. The van der Waals surface area contributed by atoms with E-state index in [1.54, 1.807) is 0 Å². The van der Waals surface area contributed by atoms with E-state index in [2.05, 4.69) is 0 Å². The van der Waals surface area contributed by atoms with Gasteiger partial charge in [-0.25, -0.2) is 4.79 Å². The molecule has 1 heterocycles. The largest absolute Gasteiger partial charge is 0.508 e. The number of aromatic hydroxyl groups is 1. The molecule has 1 aromatic carbocycles. The maximum absolute atomic E-state index is 11.1. The summed E-state index contributed by atoms with van der Waals surface area (Å²) in [5.41, 5.74) is 1.25. The molecule has 76 valence electrons. The SMILES string of the molecule is Cc1ccccc1-c1cc(O)cc(=O)o1. The van der Waals surface area contributed by atoms with Crippen molar-refractivity contribution in [3.8, 4) is 17.1 Å². The van der Waals surface area contributed by atoms with Gasteiger partial charge in [-0.2, -0.15) is 0 Å². The first-order valence-corrected chi connectivity index (χ1v) is 4.57. The van der Waals surface area contributed by atoms with Gasteiger partial charge < -0.3 is 9.52 Å². The van der Waals surface area contributed by atoms with Crippen LogP contribution in [0.15, 0.2) is 45.6 Å². The van der Waals surface area contributed by atoms with Gasteiger partial charge in [-0.05, 0) is 12.5 Å². The van der Waals surface area contributed by atoms with E-state index in [1.165, 1.54) is 6.07 Å². The molecule has 0 unspecified atom stereocenters. The van der Waals surface area contributed by atoms with Crippen molar-refractivity contribution in [2.45, 2.75) is 6.92 Å². The molecule has 0 atom stereocenters. The fourth-order valence-corrected chi connectivity index (χ4v) is 1.45. The number of benzene rings is 1. The van der Waals surface area contributed by atoms with Crippen LogP contribution in [0.4, 0.5) is 0 Å². The molecule has 2 rings (SSSR count). The third-order valence-electron chi connectivity index (χ3n) is 2.17. The third-order valence-corrected chi connectivity index (χ3v) is 2.17. The van der Waals surface area contributed by atoms with Crippen molar-refractivity contribution >= 4 is 0 Å². The van der Waals surface area contributed by atoms with Crippen LogP contribution in [0.25, 0.3) is 11.3 Å².